The van der Waals surface area contributed by atoms with E-state index >= 15 is 0 Å². The molecule has 20 heavy (non-hydrogen) atoms. The van der Waals surface area contributed by atoms with E-state index in [4.69, 9.17) is 0 Å². The fraction of sp³-hybridized carbons (Fsp3) is 0.562. The van der Waals surface area contributed by atoms with E-state index < -0.39 is 23.2 Å². The van der Waals surface area contributed by atoms with Crippen LogP contribution >= 0.6 is 0 Å². The second-order valence-electron chi connectivity index (χ2n) is 5.59. The molecule has 0 spiro atoms. The lowest BCUT2D eigenvalue weighted by molar-refractivity contribution is 0.0864. The number of rotatable bonds is 4. The third-order valence-corrected chi connectivity index (χ3v) is 4.22. The van der Waals surface area contributed by atoms with Crippen molar-refractivity contribution in [2.75, 3.05) is 0 Å². The van der Waals surface area contributed by atoms with Gasteiger partial charge in [0.15, 0.2) is 23.2 Å². The van der Waals surface area contributed by atoms with E-state index in [0.717, 1.165) is 37.8 Å². The van der Waals surface area contributed by atoms with Gasteiger partial charge in [-0.3, -0.25) is 4.79 Å². The summed E-state index contributed by atoms with van der Waals surface area (Å²) in [5.41, 5.74) is -0.317. The largest absolute Gasteiger partial charge is 0.294 e. The molecule has 0 bridgehead atoms. The predicted molar refractivity (Wildman–Crippen MR) is 71.0 cm³/mol. The van der Waals surface area contributed by atoms with Gasteiger partial charge in [0.1, 0.15) is 0 Å². The lowest BCUT2D eigenvalue weighted by Gasteiger charge is -2.27. The molecule has 0 atom stereocenters. The second kappa shape index (κ2) is 6.42. The lowest BCUT2D eigenvalue weighted by Crippen LogP contribution is -2.23. The monoisotopic (exact) mass is 284 g/mol. The Morgan fingerprint density at radius 1 is 1.10 bits per heavy atom. The van der Waals surface area contributed by atoms with Crippen molar-refractivity contribution in [3.05, 3.63) is 35.1 Å². The summed E-state index contributed by atoms with van der Waals surface area (Å²) in [6.07, 6.45) is 5.61. The molecule has 1 fully saturated rings. The van der Waals surface area contributed by atoms with Crippen LogP contribution in [-0.4, -0.2) is 5.78 Å². The number of carbonyl (C=O) groups is 1. The highest BCUT2D eigenvalue weighted by atomic mass is 19.2. The Hall–Kier alpha value is -1.32. The average molecular weight is 284 g/mol. The van der Waals surface area contributed by atoms with Gasteiger partial charge in [-0.2, -0.15) is 0 Å². The Morgan fingerprint density at radius 3 is 2.35 bits per heavy atom. The maximum atomic E-state index is 13.6. The smallest absolute Gasteiger partial charge is 0.195 e. The summed E-state index contributed by atoms with van der Waals surface area (Å²) in [5.74, 6) is -4.19. The van der Waals surface area contributed by atoms with Gasteiger partial charge >= 0.3 is 0 Å². The molecule has 2 rings (SSSR count). The summed E-state index contributed by atoms with van der Waals surface area (Å²) in [7, 11) is 0. The maximum absolute atomic E-state index is 13.6. The van der Waals surface area contributed by atoms with E-state index in [1.54, 1.807) is 0 Å². The topological polar surface area (TPSA) is 17.1 Å². The summed E-state index contributed by atoms with van der Waals surface area (Å²) in [6, 6.07) is 1.86. The van der Waals surface area contributed by atoms with Crippen molar-refractivity contribution in [2.45, 2.75) is 45.4 Å². The highest BCUT2D eigenvalue weighted by Gasteiger charge is 2.29. The SMILES string of the molecule is CCCC1CCC(C(=O)c2ccc(F)c(F)c2F)CC1. The number of Topliss-reactive ketones (excluding diaryl/α,β-unsaturated/α-hetero) is 1. The number of ketones is 1. The molecular formula is C16H19F3O. The van der Waals surface area contributed by atoms with Gasteiger partial charge < -0.3 is 0 Å². The van der Waals surface area contributed by atoms with Crippen molar-refractivity contribution in [1.29, 1.82) is 0 Å². The Labute approximate surface area is 117 Å². The summed E-state index contributed by atoms with van der Waals surface area (Å²) in [4.78, 5) is 12.2. The molecule has 0 aliphatic heterocycles. The maximum Gasteiger partial charge on any atom is 0.195 e. The minimum Gasteiger partial charge on any atom is -0.294 e. The van der Waals surface area contributed by atoms with Crippen molar-refractivity contribution in [2.24, 2.45) is 11.8 Å². The van der Waals surface area contributed by atoms with E-state index in [1.165, 1.54) is 0 Å². The Morgan fingerprint density at radius 2 is 1.75 bits per heavy atom. The van der Waals surface area contributed by atoms with Crippen LogP contribution in [0.3, 0.4) is 0 Å². The minimum absolute atomic E-state index is 0.262. The zero-order valence-corrected chi connectivity index (χ0v) is 11.6. The molecule has 1 nitrogen and oxygen atoms in total. The van der Waals surface area contributed by atoms with Gasteiger partial charge in [0, 0.05) is 5.92 Å². The van der Waals surface area contributed by atoms with Crippen molar-refractivity contribution in [3.63, 3.8) is 0 Å². The molecule has 1 aromatic rings. The first kappa shape index (κ1) is 15.1. The highest BCUT2D eigenvalue weighted by Crippen LogP contribution is 2.34. The van der Waals surface area contributed by atoms with Gasteiger partial charge in [-0.25, -0.2) is 13.2 Å². The molecule has 0 amide bonds. The predicted octanol–water partition coefficient (Wildman–Crippen LogP) is 4.89. The van der Waals surface area contributed by atoms with Crippen molar-refractivity contribution in [1.82, 2.24) is 0 Å². The summed E-state index contributed by atoms with van der Waals surface area (Å²) >= 11 is 0. The Kier molecular flexibility index (Phi) is 4.84. The zero-order valence-electron chi connectivity index (χ0n) is 11.6. The fourth-order valence-corrected chi connectivity index (χ4v) is 3.06. The molecule has 0 heterocycles. The molecule has 0 aromatic heterocycles. The first-order valence-electron chi connectivity index (χ1n) is 7.22. The number of hydrogen-bond donors (Lipinski definition) is 0. The van der Waals surface area contributed by atoms with Crippen molar-refractivity contribution >= 4 is 5.78 Å². The molecular weight excluding hydrogens is 265 g/mol. The van der Waals surface area contributed by atoms with Crippen LogP contribution in [-0.2, 0) is 0 Å². The number of benzene rings is 1. The highest BCUT2D eigenvalue weighted by molar-refractivity contribution is 5.98. The molecule has 0 radical (unpaired) electrons. The normalized spacial score (nSPS) is 22.8. The van der Waals surface area contributed by atoms with Crippen molar-refractivity contribution < 1.29 is 18.0 Å². The van der Waals surface area contributed by atoms with E-state index in [0.29, 0.717) is 18.8 Å². The van der Waals surface area contributed by atoms with E-state index in [-0.39, 0.29) is 11.5 Å². The molecule has 4 heteroatoms. The lowest BCUT2D eigenvalue weighted by atomic mass is 9.77. The molecule has 0 unspecified atom stereocenters. The third kappa shape index (κ3) is 3.05. The van der Waals surface area contributed by atoms with Gasteiger partial charge in [0.25, 0.3) is 0 Å². The van der Waals surface area contributed by atoms with Gasteiger partial charge in [0.2, 0.25) is 0 Å². The second-order valence-corrected chi connectivity index (χ2v) is 5.59. The molecule has 1 saturated carbocycles. The van der Waals surface area contributed by atoms with Crippen LogP contribution in [0.25, 0.3) is 0 Å². The van der Waals surface area contributed by atoms with Gasteiger partial charge in [0.05, 0.1) is 5.56 Å². The number of carbonyl (C=O) groups excluding carboxylic acids is 1. The van der Waals surface area contributed by atoms with E-state index in [9.17, 15) is 18.0 Å². The van der Waals surface area contributed by atoms with Crippen LogP contribution in [0.1, 0.15) is 55.8 Å². The molecule has 1 aliphatic carbocycles. The van der Waals surface area contributed by atoms with Gasteiger partial charge in [-0.1, -0.05) is 19.8 Å². The first-order valence-corrected chi connectivity index (χ1v) is 7.22. The summed E-state index contributed by atoms with van der Waals surface area (Å²) < 4.78 is 39.7. The van der Waals surface area contributed by atoms with Gasteiger partial charge in [-0.15, -0.1) is 0 Å². The minimum atomic E-state index is -1.56. The Balaban J connectivity index is 2.08. The number of halogens is 3. The van der Waals surface area contributed by atoms with E-state index in [1.807, 2.05) is 0 Å². The molecule has 0 N–H and O–H groups in total. The average Bonchev–Trinajstić information content (AvgIpc) is 2.45. The third-order valence-electron chi connectivity index (χ3n) is 4.22. The quantitative estimate of drug-likeness (QED) is 0.568. The van der Waals surface area contributed by atoms with Crippen molar-refractivity contribution in [3.8, 4) is 0 Å². The summed E-state index contributed by atoms with van der Waals surface area (Å²) in [5, 5.41) is 0. The van der Waals surface area contributed by atoms with Crippen LogP contribution in [0.15, 0.2) is 12.1 Å². The van der Waals surface area contributed by atoms with Crippen LogP contribution in [0.5, 0.6) is 0 Å². The van der Waals surface area contributed by atoms with E-state index in [2.05, 4.69) is 6.92 Å². The van der Waals surface area contributed by atoms with Crippen LogP contribution in [0.2, 0.25) is 0 Å². The summed E-state index contributed by atoms with van der Waals surface area (Å²) in [6.45, 7) is 2.13. The van der Waals surface area contributed by atoms with Crippen LogP contribution < -0.4 is 0 Å². The number of hydrogen-bond acceptors (Lipinski definition) is 1. The molecule has 1 aromatic carbocycles. The standard InChI is InChI=1S/C16H19F3O/c1-2-3-10-4-6-11(7-5-10)16(20)12-8-9-13(17)15(19)14(12)18/h8-11H,2-7H2,1H3. The molecule has 1 aliphatic rings. The van der Waals surface area contributed by atoms with Crippen LogP contribution in [0, 0.1) is 29.3 Å². The van der Waals surface area contributed by atoms with Crippen LogP contribution in [0.4, 0.5) is 13.2 Å². The Bertz CT molecular complexity index is 491. The van der Waals surface area contributed by atoms with Gasteiger partial charge in [-0.05, 0) is 43.7 Å². The fourth-order valence-electron chi connectivity index (χ4n) is 3.06. The molecule has 0 saturated heterocycles. The zero-order chi connectivity index (χ0) is 14.7. The first-order chi connectivity index (χ1) is 9.54. The molecule has 110 valence electrons.